The first-order chi connectivity index (χ1) is 10.7. The molecule has 0 aromatic heterocycles. The van der Waals surface area contributed by atoms with Crippen molar-refractivity contribution in [1.82, 2.24) is 4.90 Å². The predicted octanol–water partition coefficient (Wildman–Crippen LogP) is 1.67. The van der Waals surface area contributed by atoms with Crippen molar-refractivity contribution in [3.05, 3.63) is 35.9 Å². The number of rotatable bonds is 6. The van der Waals surface area contributed by atoms with Gasteiger partial charge in [-0.15, -0.1) is 0 Å². The van der Waals surface area contributed by atoms with Gasteiger partial charge in [-0.05, 0) is 37.1 Å². The normalized spacial score (nSPS) is 14.8. The molecule has 1 aliphatic rings. The molecule has 1 heterocycles. The van der Waals surface area contributed by atoms with E-state index in [0.29, 0.717) is 19.5 Å². The molecule has 0 atom stereocenters. The lowest BCUT2D eigenvalue weighted by atomic mass is 10.2. The lowest BCUT2D eigenvalue weighted by Gasteiger charge is -2.17. The average Bonchev–Trinajstić information content (AvgIpc) is 2.97. The van der Waals surface area contributed by atoms with Crippen LogP contribution in [0.15, 0.2) is 30.3 Å². The molecule has 1 fully saturated rings. The largest absolute Gasteiger partial charge is 0.395 e. The van der Waals surface area contributed by atoms with Crippen molar-refractivity contribution < 1.29 is 14.7 Å². The summed E-state index contributed by atoms with van der Waals surface area (Å²) >= 11 is 0. The molecular formula is C17H22N2O3. The van der Waals surface area contributed by atoms with Crippen molar-refractivity contribution in [2.75, 3.05) is 31.1 Å². The topological polar surface area (TPSA) is 60.9 Å². The Hall–Kier alpha value is -2.14. The van der Waals surface area contributed by atoms with Crippen LogP contribution in [-0.2, 0) is 9.59 Å². The van der Waals surface area contributed by atoms with Gasteiger partial charge < -0.3 is 14.9 Å². The maximum Gasteiger partial charge on any atom is 0.246 e. The summed E-state index contributed by atoms with van der Waals surface area (Å²) in [6, 6.07) is 7.59. The third-order valence-corrected chi connectivity index (χ3v) is 3.76. The zero-order chi connectivity index (χ0) is 15.9. The van der Waals surface area contributed by atoms with Crippen LogP contribution >= 0.6 is 0 Å². The standard InChI is InChI=1S/C17H22N2O3/c1-2-18(12-13-20)16(21)10-7-14-5-8-15(9-6-14)19-11-3-4-17(19)22/h5-10,20H,2-4,11-13H2,1H3/b10-7+. The smallest absolute Gasteiger partial charge is 0.246 e. The van der Waals surface area contributed by atoms with Crippen molar-refractivity contribution in [1.29, 1.82) is 0 Å². The number of amides is 2. The first kappa shape index (κ1) is 16.2. The number of hydrogen-bond acceptors (Lipinski definition) is 3. The quantitative estimate of drug-likeness (QED) is 0.813. The Morgan fingerprint density at radius 1 is 1.36 bits per heavy atom. The first-order valence-electron chi connectivity index (χ1n) is 7.64. The van der Waals surface area contributed by atoms with E-state index in [1.165, 1.54) is 6.08 Å². The summed E-state index contributed by atoms with van der Waals surface area (Å²) in [6.45, 7) is 3.53. The molecule has 1 aliphatic heterocycles. The summed E-state index contributed by atoms with van der Waals surface area (Å²) in [5.74, 6) is 0.0522. The van der Waals surface area contributed by atoms with Crippen LogP contribution in [0.5, 0.6) is 0 Å². The van der Waals surface area contributed by atoms with E-state index in [2.05, 4.69) is 0 Å². The molecule has 0 spiro atoms. The second kappa shape index (κ2) is 7.75. The zero-order valence-electron chi connectivity index (χ0n) is 12.9. The Labute approximate surface area is 130 Å². The molecule has 0 radical (unpaired) electrons. The van der Waals surface area contributed by atoms with Crippen molar-refractivity contribution in [2.24, 2.45) is 0 Å². The first-order valence-corrected chi connectivity index (χ1v) is 7.64. The fraction of sp³-hybridized carbons (Fsp3) is 0.412. The van der Waals surface area contributed by atoms with Crippen molar-refractivity contribution in [3.63, 3.8) is 0 Å². The number of carbonyl (C=O) groups excluding carboxylic acids is 2. The molecule has 118 valence electrons. The van der Waals surface area contributed by atoms with E-state index in [1.54, 1.807) is 15.9 Å². The van der Waals surface area contributed by atoms with Crippen LogP contribution in [0.1, 0.15) is 25.3 Å². The van der Waals surface area contributed by atoms with Crippen molar-refractivity contribution in [2.45, 2.75) is 19.8 Å². The lowest BCUT2D eigenvalue weighted by molar-refractivity contribution is -0.126. The molecule has 22 heavy (non-hydrogen) atoms. The van der Waals surface area contributed by atoms with Crippen molar-refractivity contribution in [3.8, 4) is 0 Å². The fourth-order valence-electron chi connectivity index (χ4n) is 2.50. The Bertz CT molecular complexity index is 552. The maximum atomic E-state index is 11.9. The molecule has 1 aromatic rings. The highest BCUT2D eigenvalue weighted by atomic mass is 16.3. The van der Waals surface area contributed by atoms with Gasteiger partial charge in [0.15, 0.2) is 0 Å². The van der Waals surface area contributed by atoms with Gasteiger partial charge in [-0.1, -0.05) is 12.1 Å². The van der Waals surface area contributed by atoms with Gasteiger partial charge in [-0.25, -0.2) is 0 Å². The van der Waals surface area contributed by atoms with Crippen LogP contribution in [0.25, 0.3) is 6.08 Å². The summed E-state index contributed by atoms with van der Waals surface area (Å²) in [4.78, 5) is 27.0. The van der Waals surface area contributed by atoms with Crippen LogP contribution in [0, 0.1) is 0 Å². The summed E-state index contributed by atoms with van der Waals surface area (Å²) in [5, 5.41) is 8.91. The SMILES string of the molecule is CCN(CCO)C(=O)/C=C/c1ccc(N2CCCC2=O)cc1. The monoisotopic (exact) mass is 302 g/mol. The number of benzene rings is 1. The Kier molecular flexibility index (Phi) is 5.72. The minimum absolute atomic E-state index is 0.0357. The number of nitrogens with zero attached hydrogens (tertiary/aromatic N) is 2. The molecule has 1 saturated heterocycles. The molecule has 2 amide bonds. The van der Waals surface area contributed by atoms with Crippen LogP contribution in [0.4, 0.5) is 5.69 Å². The third-order valence-electron chi connectivity index (χ3n) is 3.76. The van der Waals surface area contributed by atoms with E-state index < -0.39 is 0 Å². The van der Waals surface area contributed by atoms with E-state index in [4.69, 9.17) is 5.11 Å². The molecule has 0 saturated carbocycles. The highest BCUT2D eigenvalue weighted by Gasteiger charge is 2.21. The lowest BCUT2D eigenvalue weighted by Crippen LogP contribution is -2.31. The van der Waals surface area contributed by atoms with E-state index >= 15 is 0 Å². The minimum atomic E-state index is -0.115. The summed E-state index contributed by atoms with van der Waals surface area (Å²) in [5.41, 5.74) is 1.81. The molecule has 0 aliphatic carbocycles. The second-order valence-electron chi connectivity index (χ2n) is 5.22. The molecule has 5 nitrogen and oxygen atoms in total. The number of hydrogen-bond donors (Lipinski definition) is 1. The average molecular weight is 302 g/mol. The van der Waals surface area contributed by atoms with E-state index in [9.17, 15) is 9.59 Å². The highest BCUT2D eigenvalue weighted by Crippen LogP contribution is 2.21. The van der Waals surface area contributed by atoms with Crippen LogP contribution < -0.4 is 4.90 Å². The van der Waals surface area contributed by atoms with Gasteiger partial charge >= 0.3 is 0 Å². The molecular weight excluding hydrogens is 280 g/mol. The maximum absolute atomic E-state index is 11.9. The summed E-state index contributed by atoms with van der Waals surface area (Å²) in [7, 11) is 0. The van der Waals surface area contributed by atoms with Gasteiger partial charge in [-0.2, -0.15) is 0 Å². The van der Waals surface area contributed by atoms with Crippen LogP contribution in [0.2, 0.25) is 0 Å². The molecule has 5 heteroatoms. The Morgan fingerprint density at radius 2 is 2.09 bits per heavy atom. The van der Waals surface area contributed by atoms with E-state index in [-0.39, 0.29) is 18.4 Å². The number of carbonyl (C=O) groups is 2. The second-order valence-corrected chi connectivity index (χ2v) is 5.22. The highest BCUT2D eigenvalue weighted by molar-refractivity contribution is 5.95. The van der Waals surface area contributed by atoms with Crippen LogP contribution in [-0.4, -0.2) is 48.1 Å². The molecule has 0 unspecified atom stereocenters. The minimum Gasteiger partial charge on any atom is -0.395 e. The fourth-order valence-corrected chi connectivity index (χ4v) is 2.50. The van der Waals surface area contributed by atoms with Gasteiger partial charge in [-0.3, -0.25) is 9.59 Å². The molecule has 1 N–H and O–H groups in total. The Balaban J connectivity index is 2.00. The summed E-state index contributed by atoms with van der Waals surface area (Å²) in [6.07, 6.45) is 4.79. The van der Waals surface area contributed by atoms with Gasteiger partial charge in [0.1, 0.15) is 0 Å². The predicted molar refractivity (Wildman–Crippen MR) is 86.4 cm³/mol. The van der Waals surface area contributed by atoms with Gasteiger partial charge in [0, 0.05) is 37.8 Å². The van der Waals surface area contributed by atoms with Gasteiger partial charge in [0.2, 0.25) is 11.8 Å². The van der Waals surface area contributed by atoms with E-state index in [1.807, 2.05) is 31.2 Å². The number of aliphatic hydroxyl groups excluding tert-OH is 1. The number of likely N-dealkylation sites (N-methyl/N-ethyl adjacent to an activating group) is 1. The van der Waals surface area contributed by atoms with Crippen molar-refractivity contribution >= 4 is 23.6 Å². The Morgan fingerprint density at radius 3 is 2.64 bits per heavy atom. The third kappa shape index (κ3) is 3.95. The summed E-state index contributed by atoms with van der Waals surface area (Å²) < 4.78 is 0. The number of anilines is 1. The zero-order valence-corrected chi connectivity index (χ0v) is 12.9. The van der Waals surface area contributed by atoms with Gasteiger partial charge in [0.05, 0.1) is 6.61 Å². The van der Waals surface area contributed by atoms with E-state index in [0.717, 1.165) is 24.2 Å². The number of aliphatic hydroxyl groups is 1. The molecule has 2 rings (SSSR count). The van der Waals surface area contributed by atoms with Gasteiger partial charge in [0.25, 0.3) is 0 Å². The van der Waals surface area contributed by atoms with Crippen LogP contribution in [0.3, 0.4) is 0 Å². The molecule has 0 bridgehead atoms. The molecule has 1 aromatic carbocycles.